The van der Waals surface area contributed by atoms with Crippen LogP contribution in [0.1, 0.15) is 12.1 Å². The second-order valence-electron chi connectivity index (χ2n) is 6.02. The lowest BCUT2D eigenvalue weighted by Crippen LogP contribution is -2.26. The van der Waals surface area contributed by atoms with Crippen LogP contribution in [0.15, 0.2) is 66.9 Å². The highest BCUT2D eigenvalue weighted by Crippen LogP contribution is 2.11. The Morgan fingerprint density at radius 1 is 1.08 bits per heavy atom. The lowest BCUT2D eigenvalue weighted by atomic mass is 10.3. The number of nitrogens with zero attached hydrogens (tertiary/aromatic N) is 3. The molecule has 0 saturated carbocycles. The van der Waals surface area contributed by atoms with Crippen LogP contribution in [0.4, 0.5) is 5.69 Å². The zero-order valence-electron chi connectivity index (χ0n) is 14.8. The molecule has 0 unspecified atom stereocenters. The molecule has 132 valence electrons. The molecule has 0 saturated heterocycles. The minimum absolute atomic E-state index is 0.123. The lowest BCUT2D eigenvalue weighted by Gasteiger charge is -2.18. The number of para-hydroxylation sites is 3. The summed E-state index contributed by atoms with van der Waals surface area (Å²) in [5.41, 5.74) is 3.51. The van der Waals surface area contributed by atoms with Gasteiger partial charge in [-0.05, 0) is 36.8 Å². The Balaban J connectivity index is 1.44. The molecule has 0 atom stereocenters. The van der Waals surface area contributed by atoms with Crippen molar-refractivity contribution >= 4 is 28.7 Å². The van der Waals surface area contributed by atoms with Crippen LogP contribution in [-0.2, 0) is 4.79 Å². The summed E-state index contributed by atoms with van der Waals surface area (Å²) in [6, 6.07) is 17.9. The normalized spacial score (nSPS) is 11.0. The molecule has 1 amide bonds. The summed E-state index contributed by atoms with van der Waals surface area (Å²) >= 11 is 0. The number of anilines is 1. The maximum atomic E-state index is 11.9. The summed E-state index contributed by atoms with van der Waals surface area (Å²) in [6.07, 6.45) is 5.73. The molecule has 0 radical (unpaired) electrons. The number of amides is 1. The fourth-order valence-electron chi connectivity index (χ4n) is 2.61. The van der Waals surface area contributed by atoms with Crippen molar-refractivity contribution in [3.8, 4) is 0 Å². The van der Waals surface area contributed by atoms with Crippen LogP contribution >= 0.6 is 0 Å². The van der Waals surface area contributed by atoms with E-state index in [1.54, 1.807) is 12.3 Å². The van der Waals surface area contributed by atoms with Gasteiger partial charge in [-0.1, -0.05) is 30.3 Å². The van der Waals surface area contributed by atoms with Crippen LogP contribution in [0.3, 0.4) is 0 Å². The van der Waals surface area contributed by atoms with Crippen molar-refractivity contribution < 1.29 is 4.79 Å². The first kappa shape index (κ1) is 17.6. The molecular formula is C21H22N4O. The van der Waals surface area contributed by atoms with Gasteiger partial charge in [0.05, 0.1) is 22.9 Å². The van der Waals surface area contributed by atoms with Gasteiger partial charge in [0.15, 0.2) is 0 Å². The number of aromatic nitrogens is 2. The van der Waals surface area contributed by atoms with Crippen molar-refractivity contribution in [3.63, 3.8) is 0 Å². The maximum absolute atomic E-state index is 11.9. The zero-order chi connectivity index (χ0) is 18.2. The number of hydrogen-bond acceptors (Lipinski definition) is 4. The molecular weight excluding hydrogens is 324 g/mol. The van der Waals surface area contributed by atoms with Gasteiger partial charge < -0.3 is 10.2 Å². The highest BCUT2D eigenvalue weighted by Gasteiger charge is 2.01. The Hall–Kier alpha value is -3.21. The minimum atomic E-state index is -0.123. The van der Waals surface area contributed by atoms with E-state index in [1.165, 1.54) is 11.8 Å². The second-order valence-corrected chi connectivity index (χ2v) is 6.02. The first-order valence-corrected chi connectivity index (χ1v) is 8.66. The predicted molar refractivity (Wildman–Crippen MR) is 106 cm³/mol. The molecule has 1 heterocycles. The molecule has 0 aliphatic heterocycles. The van der Waals surface area contributed by atoms with E-state index in [-0.39, 0.29) is 5.91 Å². The molecule has 0 bridgehead atoms. The summed E-state index contributed by atoms with van der Waals surface area (Å²) in [4.78, 5) is 22.9. The Labute approximate surface area is 153 Å². The van der Waals surface area contributed by atoms with E-state index in [0.717, 1.165) is 24.0 Å². The van der Waals surface area contributed by atoms with Crippen molar-refractivity contribution in [1.82, 2.24) is 15.3 Å². The van der Waals surface area contributed by atoms with Crippen molar-refractivity contribution in [2.75, 3.05) is 25.0 Å². The van der Waals surface area contributed by atoms with E-state index in [0.29, 0.717) is 12.2 Å². The highest BCUT2D eigenvalue weighted by molar-refractivity contribution is 5.91. The highest BCUT2D eigenvalue weighted by atomic mass is 16.1. The van der Waals surface area contributed by atoms with Gasteiger partial charge in [-0.3, -0.25) is 9.78 Å². The number of nitrogens with one attached hydrogen (secondary N) is 1. The molecule has 3 rings (SSSR count). The first-order chi connectivity index (χ1) is 12.7. The Bertz CT molecular complexity index is 893. The van der Waals surface area contributed by atoms with E-state index in [4.69, 9.17) is 0 Å². The number of carbonyl (C=O) groups excluding carboxylic acids is 1. The Morgan fingerprint density at radius 3 is 2.62 bits per heavy atom. The van der Waals surface area contributed by atoms with Gasteiger partial charge in [0.2, 0.25) is 5.91 Å². The standard InChI is InChI=1S/C21H22N4O/c1-25(18-8-3-2-4-9-18)15-7-14-22-21(26)13-12-17-16-23-19-10-5-6-11-20(19)24-17/h2-6,8-13,16H,7,14-15H2,1H3,(H,22,26)/b13-12+. The molecule has 5 nitrogen and oxygen atoms in total. The molecule has 2 aromatic carbocycles. The van der Waals surface area contributed by atoms with Gasteiger partial charge in [-0.2, -0.15) is 0 Å². The van der Waals surface area contributed by atoms with Gasteiger partial charge in [-0.25, -0.2) is 4.98 Å². The predicted octanol–water partition coefficient (Wildman–Crippen LogP) is 3.29. The summed E-state index contributed by atoms with van der Waals surface area (Å²) in [7, 11) is 2.05. The molecule has 0 spiro atoms. The number of benzene rings is 2. The maximum Gasteiger partial charge on any atom is 0.244 e. The van der Waals surface area contributed by atoms with Gasteiger partial charge in [0.1, 0.15) is 0 Å². The van der Waals surface area contributed by atoms with Crippen LogP contribution in [0, 0.1) is 0 Å². The van der Waals surface area contributed by atoms with Crippen LogP contribution < -0.4 is 10.2 Å². The van der Waals surface area contributed by atoms with Crippen molar-refractivity contribution in [2.24, 2.45) is 0 Å². The molecule has 1 aromatic heterocycles. The van der Waals surface area contributed by atoms with Gasteiger partial charge in [0, 0.05) is 31.9 Å². The van der Waals surface area contributed by atoms with Gasteiger partial charge in [-0.15, -0.1) is 0 Å². The monoisotopic (exact) mass is 346 g/mol. The third-order valence-corrected chi connectivity index (χ3v) is 4.04. The quantitative estimate of drug-likeness (QED) is 0.527. The summed E-state index contributed by atoms with van der Waals surface area (Å²) < 4.78 is 0. The van der Waals surface area contributed by atoms with E-state index >= 15 is 0 Å². The first-order valence-electron chi connectivity index (χ1n) is 8.66. The number of fused-ring (bicyclic) bond motifs is 1. The smallest absolute Gasteiger partial charge is 0.244 e. The van der Waals surface area contributed by atoms with Crippen molar-refractivity contribution in [2.45, 2.75) is 6.42 Å². The largest absolute Gasteiger partial charge is 0.375 e. The molecule has 5 heteroatoms. The van der Waals surface area contributed by atoms with Gasteiger partial charge in [0.25, 0.3) is 0 Å². The third-order valence-electron chi connectivity index (χ3n) is 4.04. The fourth-order valence-corrected chi connectivity index (χ4v) is 2.61. The Morgan fingerprint density at radius 2 is 1.81 bits per heavy atom. The topological polar surface area (TPSA) is 58.1 Å². The molecule has 0 fully saturated rings. The number of hydrogen-bond donors (Lipinski definition) is 1. The second kappa shape index (κ2) is 8.76. The summed E-state index contributed by atoms with van der Waals surface area (Å²) in [5, 5.41) is 2.90. The van der Waals surface area contributed by atoms with Crippen LogP contribution in [0.5, 0.6) is 0 Å². The SMILES string of the molecule is CN(CCCNC(=O)/C=C/c1cnc2ccccc2n1)c1ccccc1. The van der Waals surface area contributed by atoms with Gasteiger partial charge >= 0.3 is 0 Å². The van der Waals surface area contributed by atoms with E-state index in [1.807, 2.05) is 42.5 Å². The summed E-state index contributed by atoms with van der Waals surface area (Å²) in [5.74, 6) is -0.123. The number of rotatable bonds is 7. The van der Waals surface area contributed by atoms with Crippen molar-refractivity contribution in [3.05, 3.63) is 72.6 Å². The molecule has 0 aliphatic carbocycles. The van der Waals surface area contributed by atoms with Crippen LogP contribution in [-0.4, -0.2) is 36.0 Å². The van der Waals surface area contributed by atoms with Crippen LogP contribution in [0.25, 0.3) is 17.1 Å². The third kappa shape index (κ3) is 4.89. The lowest BCUT2D eigenvalue weighted by molar-refractivity contribution is -0.116. The van der Waals surface area contributed by atoms with Crippen molar-refractivity contribution in [1.29, 1.82) is 0 Å². The zero-order valence-corrected chi connectivity index (χ0v) is 14.8. The average molecular weight is 346 g/mol. The van der Waals surface area contributed by atoms with E-state index in [9.17, 15) is 4.79 Å². The minimum Gasteiger partial charge on any atom is -0.375 e. The molecule has 26 heavy (non-hydrogen) atoms. The molecule has 1 N–H and O–H groups in total. The van der Waals surface area contributed by atoms with E-state index in [2.05, 4.69) is 39.4 Å². The average Bonchev–Trinajstić information content (AvgIpc) is 2.70. The number of carbonyl (C=O) groups is 1. The Kier molecular flexibility index (Phi) is 5.93. The summed E-state index contributed by atoms with van der Waals surface area (Å²) in [6.45, 7) is 1.51. The fraction of sp³-hybridized carbons (Fsp3) is 0.190. The van der Waals surface area contributed by atoms with E-state index < -0.39 is 0 Å². The molecule has 3 aromatic rings. The molecule has 0 aliphatic rings. The van der Waals surface area contributed by atoms with Crippen LogP contribution in [0.2, 0.25) is 0 Å².